The van der Waals surface area contributed by atoms with Crippen molar-refractivity contribution in [2.24, 2.45) is 0 Å². The molecule has 2 fully saturated rings. The van der Waals surface area contributed by atoms with Crippen LogP contribution in [0.25, 0.3) is 0 Å². The Hall–Kier alpha value is -2.76. The maximum atomic E-state index is 9.09. The fourth-order valence-electron chi connectivity index (χ4n) is 4.75. The minimum Gasteiger partial charge on any atom is -0.316 e. The van der Waals surface area contributed by atoms with Crippen LogP contribution in [0, 0.1) is 11.3 Å². The minimum absolute atomic E-state index is 0.328. The number of aromatic nitrogens is 4. The molecule has 0 radical (unpaired) electrons. The molecule has 8 heteroatoms. The first-order valence-electron chi connectivity index (χ1n) is 11.1. The molecule has 3 aromatic heterocycles. The van der Waals surface area contributed by atoms with Crippen LogP contribution >= 0.6 is 11.3 Å². The summed E-state index contributed by atoms with van der Waals surface area (Å²) >= 11 is 1.59. The van der Waals surface area contributed by atoms with Gasteiger partial charge in [0, 0.05) is 29.9 Å². The van der Waals surface area contributed by atoms with Crippen molar-refractivity contribution < 1.29 is 0 Å². The number of anilines is 2. The molecule has 31 heavy (non-hydrogen) atoms. The van der Waals surface area contributed by atoms with E-state index >= 15 is 0 Å². The Bertz CT molecular complexity index is 1060. The first-order valence-corrected chi connectivity index (χ1v) is 12.0. The van der Waals surface area contributed by atoms with Gasteiger partial charge in [0.05, 0.1) is 35.6 Å². The van der Waals surface area contributed by atoms with Crippen molar-refractivity contribution in [1.82, 2.24) is 24.6 Å². The summed E-state index contributed by atoms with van der Waals surface area (Å²) < 4.78 is 2.19. The molecule has 3 aromatic rings. The van der Waals surface area contributed by atoms with Crippen molar-refractivity contribution >= 4 is 22.3 Å². The first-order chi connectivity index (χ1) is 15.3. The van der Waals surface area contributed by atoms with Crippen molar-refractivity contribution in [2.45, 2.75) is 63.6 Å². The van der Waals surface area contributed by atoms with Crippen molar-refractivity contribution in [1.29, 1.82) is 5.26 Å². The molecule has 1 atom stereocenters. The smallest absolute Gasteiger partial charge is 0.188 e. The van der Waals surface area contributed by atoms with Crippen molar-refractivity contribution in [3.05, 3.63) is 52.9 Å². The van der Waals surface area contributed by atoms with Gasteiger partial charge in [-0.1, -0.05) is 19.3 Å². The quantitative estimate of drug-likeness (QED) is 0.576. The number of likely N-dealkylation sites (tertiary alicyclic amines) is 1. The first kappa shape index (κ1) is 20.2. The van der Waals surface area contributed by atoms with Crippen LogP contribution in [0.3, 0.4) is 0 Å². The van der Waals surface area contributed by atoms with Gasteiger partial charge in [-0.3, -0.25) is 9.58 Å². The van der Waals surface area contributed by atoms with E-state index in [1.165, 1.54) is 44.1 Å². The van der Waals surface area contributed by atoms with Crippen molar-refractivity contribution in [2.75, 3.05) is 11.9 Å². The lowest BCUT2D eigenvalue weighted by Gasteiger charge is -2.34. The Kier molecular flexibility index (Phi) is 5.96. The summed E-state index contributed by atoms with van der Waals surface area (Å²) in [5.41, 5.74) is 3.00. The van der Waals surface area contributed by atoms with Gasteiger partial charge >= 0.3 is 0 Å². The molecule has 0 spiro atoms. The molecule has 1 N–H and O–H groups in total. The van der Waals surface area contributed by atoms with Gasteiger partial charge < -0.3 is 5.32 Å². The lowest BCUT2D eigenvalue weighted by molar-refractivity contribution is 0.138. The SMILES string of the molecule is N#Cc1ccnc(Nc2nc([C@@H]3CCCCN3Cc3cnn(C4CCCC4)c3)cs2)c1. The molecule has 7 nitrogen and oxygen atoms in total. The molecular formula is C23H27N7S. The standard InChI is InChI=1S/C23H27N7S/c24-12-17-8-9-25-22(11-17)28-23-27-20(16-31-23)21-7-3-4-10-29(21)14-18-13-26-30(15-18)19-5-1-2-6-19/h8-9,11,13,15-16,19,21H,1-7,10,14H2,(H,25,27,28)/t21-/m0/s1. The number of hydrogen-bond acceptors (Lipinski definition) is 7. The summed E-state index contributed by atoms with van der Waals surface area (Å²) in [6.45, 7) is 2.01. The molecular weight excluding hydrogens is 406 g/mol. The average molecular weight is 434 g/mol. The number of pyridine rings is 1. The summed E-state index contributed by atoms with van der Waals surface area (Å²) in [6, 6.07) is 6.51. The van der Waals surface area contributed by atoms with Gasteiger partial charge in [0.1, 0.15) is 5.82 Å². The normalized spacial score (nSPS) is 20.0. The van der Waals surface area contributed by atoms with Gasteiger partial charge in [0.2, 0.25) is 0 Å². The average Bonchev–Trinajstić information content (AvgIpc) is 3.56. The largest absolute Gasteiger partial charge is 0.316 e. The molecule has 2 aliphatic rings. The lowest BCUT2D eigenvalue weighted by atomic mass is 9.99. The van der Waals surface area contributed by atoms with E-state index in [0.717, 1.165) is 30.3 Å². The summed E-state index contributed by atoms with van der Waals surface area (Å²) in [5.74, 6) is 0.653. The highest BCUT2D eigenvalue weighted by Gasteiger charge is 2.27. The highest BCUT2D eigenvalue weighted by molar-refractivity contribution is 7.13. The van der Waals surface area contributed by atoms with Crippen LogP contribution in [0.4, 0.5) is 10.9 Å². The van der Waals surface area contributed by atoms with Crippen LogP contribution in [0.1, 0.15) is 73.9 Å². The van der Waals surface area contributed by atoms with E-state index in [-0.39, 0.29) is 0 Å². The van der Waals surface area contributed by atoms with Gasteiger partial charge in [-0.2, -0.15) is 10.4 Å². The van der Waals surface area contributed by atoms with Crippen LogP contribution in [-0.2, 0) is 6.54 Å². The van der Waals surface area contributed by atoms with E-state index in [1.807, 2.05) is 6.20 Å². The van der Waals surface area contributed by atoms with E-state index in [4.69, 9.17) is 10.2 Å². The fourth-order valence-corrected chi connectivity index (χ4v) is 5.52. The molecule has 1 aliphatic heterocycles. The number of nitriles is 1. The predicted molar refractivity (Wildman–Crippen MR) is 121 cm³/mol. The Morgan fingerprint density at radius 3 is 2.94 bits per heavy atom. The Balaban J connectivity index is 1.28. The lowest BCUT2D eigenvalue weighted by Crippen LogP contribution is -2.33. The molecule has 1 saturated heterocycles. The third kappa shape index (κ3) is 4.63. The maximum absolute atomic E-state index is 9.09. The zero-order valence-electron chi connectivity index (χ0n) is 17.6. The van der Waals surface area contributed by atoms with Crippen LogP contribution in [0.2, 0.25) is 0 Å². The number of thiazole rings is 1. The number of hydrogen-bond donors (Lipinski definition) is 1. The Morgan fingerprint density at radius 2 is 2.06 bits per heavy atom. The second-order valence-corrected chi connectivity index (χ2v) is 9.35. The van der Waals surface area contributed by atoms with Gasteiger partial charge in [0.15, 0.2) is 5.13 Å². The van der Waals surface area contributed by atoms with E-state index in [2.05, 4.69) is 42.6 Å². The number of nitrogens with one attached hydrogen (secondary N) is 1. The van der Waals surface area contributed by atoms with Crippen LogP contribution in [0.5, 0.6) is 0 Å². The number of rotatable bonds is 6. The molecule has 5 rings (SSSR count). The predicted octanol–water partition coefficient (Wildman–Crippen LogP) is 5.19. The molecule has 0 bridgehead atoms. The topological polar surface area (TPSA) is 82.7 Å². The van der Waals surface area contributed by atoms with Gasteiger partial charge in [-0.15, -0.1) is 11.3 Å². The zero-order valence-corrected chi connectivity index (χ0v) is 18.4. The summed E-state index contributed by atoms with van der Waals surface area (Å²) in [5, 5.41) is 20.0. The molecule has 1 saturated carbocycles. The van der Waals surface area contributed by atoms with E-state index in [1.54, 1.807) is 29.7 Å². The monoisotopic (exact) mass is 433 g/mol. The van der Waals surface area contributed by atoms with E-state index < -0.39 is 0 Å². The number of piperidine rings is 1. The molecule has 160 valence electrons. The van der Waals surface area contributed by atoms with Gasteiger partial charge in [0.25, 0.3) is 0 Å². The van der Waals surface area contributed by atoms with E-state index in [0.29, 0.717) is 23.5 Å². The van der Waals surface area contributed by atoms with Gasteiger partial charge in [-0.25, -0.2) is 9.97 Å². The van der Waals surface area contributed by atoms with Crippen molar-refractivity contribution in [3.63, 3.8) is 0 Å². The van der Waals surface area contributed by atoms with Crippen molar-refractivity contribution in [3.8, 4) is 6.07 Å². The zero-order chi connectivity index (χ0) is 21.0. The highest BCUT2D eigenvalue weighted by atomic mass is 32.1. The molecule has 4 heterocycles. The Morgan fingerprint density at radius 1 is 1.19 bits per heavy atom. The van der Waals surface area contributed by atoms with Crippen LogP contribution in [-0.4, -0.2) is 31.2 Å². The maximum Gasteiger partial charge on any atom is 0.188 e. The second kappa shape index (κ2) is 9.16. The Labute approximate surface area is 186 Å². The fraction of sp³-hybridized carbons (Fsp3) is 0.478. The minimum atomic E-state index is 0.328. The van der Waals surface area contributed by atoms with Crippen LogP contribution in [0.15, 0.2) is 36.1 Å². The summed E-state index contributed by atoms with van der Waals surface area (Å²) in [7, 11) is 0. The van der Waals surface area contributed by atoms with E-state index in [9.17, 15) is 0 Å². The molecule has 0 aromatic carbocycles. The van der Waals surface area contributed by atoms with Gasteiger partial charge in [-0.05, 0) is 44.4 Å². The molecule has 0 amide bonds. The number of nitrogens with zero attached hydrogens (tertiary/aromatic N) is 6. The summed E-state index contributed by atoms with van der Waals surface area (Å²) in [6.07, 6.45) is 14.7. The molecule has 1 aliphatic carbocycles. The third-order valence-electron chi connectivity index (χ3n) is 6.34. The highest BCUT2D eigenvalue weighted by Crippen LogP contribution is 2.35. The van der Waals surface area contributed by atoms with Crippen LogP contribution < -0.4 is 5.32 Å². The second-order valence-electron chi connectivity index (χ2n) is 8.49. The summed E-state index contributed by atoms with van der Waals surface area (Å²) in [4.78, 5) is 11.7. The molecule has 0 unspecified atom stereocenters. The third-order valence-corrected chi connectivity index (χ3v) is 7.12.